The topological polar surface area (TPSA) is 100 Å². The van der Waals surface area contributed by atoms with Gasteiger partial charge in [-0.15, -0.1) is 0 Å². The fourth-order valence-electron chi connectivity index (χ4n) is 4.99. The molecule has 9 heteroatoms. The van der Waals surface area contributed by atoms with Gasteiger partial charge in [-0.25, -0.2) is 19.7 Å². The van der Waals surface area contributed by atoms with Crippen LogP contribution in [0.1, 0.15) is 57.1 Å². The summed E-state index contributed by atoms with van der Waals surface area (Å²) in [4.78, 5) is 30.8. The van der Waals surface area contributed by atoms with E-state index in [9.17, 15) is 10.1 Å². The van der Waals surface area contributed by atoms with E-state index in [0.29, 0.717) is 30.4 Å². The van der Waals surface area contributed by atoms with Gasteiger partial charge in [0.05, 0.1) is 29.1 Å². The lowest BCUT2D eigenvalue weighted by Gasteiger charge is -2.36. The van der Waals surface area contributed by atoms with E-state index in [1.807, 2.05) is 30.2 Å². The zero-order valence-electron chi connectivity index (χ0n) is 19.6. The average molecular weight is 458 g/mol. The second-order valence-corrected chi connectivity index (χ2v) is 10.4. The maximum absolute atomic E-state index is 12.7. The predicted octanol–water partition coefficient (Wildman–Crippen LogP) is 3.76. The smallest absolute Gasteiger partial charge is 0.410 e. The van der Waals surface area contributed by atoms with Crippen LogP contribution in [0, 0.1) is 11.3 Å². The number of nitrogens with zero attached hydrogens (tertiary/aromatic N) is 7. The van der Waals surface area contributed by atoms with Crippen molar-refractivity contribution in [3.05, 3.63) is 42.0 Å². The number of hydrogen-bond donors (Lipinski definition) is 0. The Balaban J connectivity index is 1.37. The van der Waals surface area contributed by atoms with Gasteiger partial charge in [-0.1, -0.05) is 0 Å². The molecule has 1 aliphatic heterocycles. The van der Waals surface area contributed by atoms with Crippen molar-refractivity contribution >= 4 is 22.9 Å². The zero-order valence-corrected chi connectivity index (χ0v) is 19.6. The molecule has 3 aromatic rings. The number of piperazine rings is 1. The number of nitriles is 1. The highest BCUT2D eigenvalue weighted by molar-refractivity contribution is 5.93. The van der Waals surface area contributed by atoms with Crippen LogP contribution >= 0.6 is 0 Å². The molecule has 174 valence electrons. The zero-order chi connectivity index (χ0) is 23.6. The van der Waals surface area contributed by atoms with Gasteiger partial charge >= 0.3 is 6.09 Å². The van der Waals surface area contributed by atoms with Crippen LogP contribution in [0.2, 0.25) is 0 Å². The SMILES string of the molecule is CC(C)(C)OC(=O)N1CCN(c2ncnc3c2c(C2CC2)cn3-c2cc(C#N)ccn2)C2CC21. The highest BCUT2D eigenvalue weighted by atomic mass is 16.6. The second kappa shape index (κ2) is 7.42. The number of rotatable bonds is 3. The predicted molar refractivity (Wildman–Crippen MR) is 126 cm³/mol. The van der Waals surface area contributed by atoms with E-state index >= 15 is 0 Å². The highest BCUT2D eigenvalue weighted by Gasteiger charge is 2.52. The van der Waals surface area contributed by atoms with Crippen molar-refractivity contribution < 1.29 is 9.53 Å². The molecule has 1 saturated heterocycles. The number of fused-ring (bicyclic) bond motifs is 2. The van der Waals surface area contributed by atoms with E-state index < -0.39 is 5.60 Å². The molecule has 2 saturated carbocycles. The van der Waals surface area contributed by atoms with E-state index in [0.717, 1.165) is 36.1 Å². The van der Waals surface area contributed by atoms with Gasteiger partial charge in [0.2, 0.25) is 0 Å². The molecule has 3 fully saturated rings. The van der Waals surface area contributed by atoms with Crippen LogP contribution in [-0.4, -0.2) is 61.3 Å². The summed E-state index contributed by atoms with van der Waals surface area (Å²) in [6.45, 7) is 6.99. The van der Waals surface area contributed by atoms with Gasteiger partial charge in [0, 0.05) is 25.5 Å². The summed E-state index contributed by atoms with van der Waals surface area (Å²) in [6.07, 6.45) is 8.36. The number of pyridine rings is 1. The van der Waals surface area contributed by atoms with Gasteiger partial charge < -0.3 is 14.5 Å². The Bertz CT molecular complexity index is 1330. The Labute approximate surface area is 198 Å². The number of ether oxygens (including phenoxy) is 1. The lowest BCUT2D eigenvalue weighted by Crippen LogP contribution is -2.50. The van der Waals surface area contributed by atoms with Crippen molar-refractivity contribution in [2.75, 3.05) is 18.0 Å². The second-order valence-electron chi connectivity index (χ2n) is 10.4. The van der Waals surface area contributed by atoms with Crippen LogP contribution in [-0.2, 0) is 4.74 Å². The third-order valence-corrected chi connectivity index (χ3v) is 6.74. The Morgan fingerprint density at radius 3 is 2.74 bits per heavy atom. The van der Waals surface area contributed by atoms with Crippen molar-refractivity contribution in [3.8, 4) is 11.9 Å². The Morgan fingerprint density at radius 2 is 2.00 bits per heavy atom. The van der Waals surface area contributed by atoms with Gasteiger partial charge in [-0.05, 0) is 63.6 Å². The van der Waals surface area contributed by atoms with Crippen molar-refractivity contribution in [1.82, 2.24) is 24.4 Å². The van der Waals surface area contributed by atoms with Crippen molar-refractivity contribution in [3.63, 3.8) is 0 Å². The van der Waals surface area contributed by atoms with Crippen LogP contribution < -0.4 is 4.90 Å². The quantitative estimate of drug-likeness (QED) is 0.590. The maximum Gasteiger partial charge on any atom is 0.410 e. The molecule has 34 heavy (non-hydrogen) atoms. The number of anilines is 1. The first kappa shape index (κ1) is 20.9. The Hall–Kier alpha value is -3.67. The largest absolute Gasteiger partial charge is 0.444 e. The third-order valence-electron chi connectivity index (χ3n) is 6.74. The fourth-order valence-corrected chi connectivity index (χ4v) is 4.99. The summed E-state index contributed by atoms with van der Waals surface area (Å²) in [6, 6.07) is 6.06. The average Bonchev–Trinajstić information content (AvgIpc) is 3.74. The molecular formula is C25H27N7O2. The summed E-state index contributed by atoms with van der Waals surface area (Å²) < 4.78 is 7.61. The number of carbonyl (C=O) groups is 1. The van der Waals surface area contributed by atoms with Crippen LogP contribution in [0.25, 0.3) is 16.9 Å². The minimum atomic E-state index is -0.504. The number of hydrogen-bond acceptors (Lipinski definition) is 7. The van der Waals surface area contributed by atoms with Crippen LogP contribution in [0.15, 0.2) is 30.9 Å². The van der Waals surface area contributed by atoms with Gasteiger partial charge in [0.1, 0.15) is 23.6 Å². The summed E-state index contributed by atoms with van der Waals surface area (Å²) in [5.74, 6) is 2.10. The van der Waals surface area contributed by atoms with Gasteiger partial charge in [-0.2, -0.15) is 5.26 Å². The summed E-state index contributed by atoms with van der Waals surface area (Å²) in [5, 5.41) is 10.4. The van der Waals surface area contributed by atoms with Crippen molar-refractivity contribution in [1.29, 1.82) is 5.26 Å². The molecule has 1 amide bonds. The highest BCUT2D eigenvalue weighted by Crippen LogP contribution is 2.48. The molecule has 2 atom stereocenters. The lowest BCUT2D eigenvalue weighted by molar-refractivity contribution is 0.0218. The first-order valence-corrected chi connectivity index (χ1v) is 11.8. The van der Waals surface area contributed by atoms with E-state index in [1.54, 1.807) is 24.7 Å². The lowest BCUT2D eigenvalue weighted by atomic mass is 10.1. The van der Waals surface area contributed by atoms with Gasteiger partial charge in [0.25, 0.3) is 0 Å². The summed E-state index contributed by atoms with van der Waals surface area (Å²) >= 11 is 0. The van der Waals surface area contributed by atoms with Crippen LogP contribution in [0.5, 0.6) is 0 Å². The molecule has 6 rings (SSSR count). The molecule has 0 bridgehead atoms. The fraction of sp³-hybridized carbons (Fsp3) is 0.480. The number of aromatic nitrogens is 4. The minimum absolute atomic E-state index is 0.147. The molecular weight excluding hydrogens is 430 g/mol. The Kier molecular flexibility index (Phi) is 4.56. The molecule has 0 radical (unpaired) electrons. The molecule has 3 aliphatic rings. The molecule has 0 aromatic carbocycles. The molecule has 0 spiro atoms. The first-order valence-electron chi connectivity index (χ1n) is 11.8. The molecule has 0 N–H and O–H groups in total. The maximum atomic E-state index is 12.7. The number of amides is 1. The van der Waals surface area contributed by atoms with Crippen LogP contribution in [0.3, 0.4) is 0 Å². The standard InChI is InChI=1S/C25H27N7O2/c1-25(2,3)34-24(33)31-9-8-30(18-11-19(18)31)22-21-17(16-4-5-16)13-32(23(21)29-14-28-22)20-10-15(12-26)6-7-27-20/h6-7,10,13-14,16,18-19H,4-5,8-9,11H2,1-3H3. The molecule has 3 aromatic heterocycles. The monoisotopic (exact) mass is 457 g/mol. The molecule has 2 unspecified atom stereocenters. The van der Waals surface area contributed by atoms with E-state index in [-0.39, 0.29) is 18.2 Å². The van der Waals surface area contributed by atoms with E-state index in [2.05, 4.69) is 27.1 Å². The molecule has 2 aliphatic carbocycles. The summed E-state index contributed by atoms with van der Waals surface area (Å²) in [7, 11) is 0. The molecule has 9 nitrogen and oxygen atoms in total. The van der Waals surface area contributed by atoms with Gasteiger partial charge in [0.15, 0.2) is 5.65 Å². The summed E-state index contributed by atoms with van der Waals surface area (Å²) in [5.41, 5.74) is 2.10. The first-order chi connectivity index (χ1) is 16.3. The van der Waals surface area contributed by atoms with Crippen molar-refractivity contribution in [2.45, 2.75) is 63.6 Å². The third kappa shape index (κ3) is 3.54. The minimum Gasteiger partial charge on any atom is -0.444 e. The van der Waals surface area contributed by atoms with Gasteiger partial charge in [-0.3, -0.25) is 4.57 Å². The number of carbonyl (C=O) groups excluding carboxylic acids is 1. The van der Waals surface area contributed by atoms with E-state index in [1.165, 1.54) is 5.56 Å². The Morgan fingerprint density at radius 1 is 1.18 bits per heavy atom. The normalized spacial score (nSPS) is 21.8. The molecule has 4 heterocycles. The van der Waals surface area contributed by atoms with Crippen LogP contribution in [0.4, 0.5) is 10.6 Å². The van der Waals surface area contributed by atoms with E-state index in [4.69, 9.17) is 9.72 Å². The van der Waals surface area contributed by atoms with Crippen molar-refractivity contribution in [2.24, 2.45) is 0 Å².